The van der Waals surface area contributed by atoms with E-state index in [4.69, 9.17) is 0 Å². The van der Waals surface area contributed by atoms with Crippen molar-refractivity contribution in [2.24, 2.45) is 5.92 Å². The van der Waals surface area contributed by atoms with Crippen LogP contribution >= 0.6 is 0 Å². The van der Waals surface area contributed by atoms with Gasteiger partial charge in [0.25, 0.3) is 0 Å². The van der Waals surface area contributed by atoms with E-state index < -0.39 is 0 Å². The predicted octanol–water partition coefficient (Wildman–Crippen LogP) is 7.27. The Morgan fingerprint density at radius 2 is 1.47 bits per heavy atom. The molecule has 0 spiro atoms. The molecule has 1 aliphatic carbocycles. The van der Waals surface area contributed by atoms with E-state index in [0.717, 1.165) is 50.1 Å². The number of likely N-dealkylation sites (tertiary alicyclic amines) is 1. The minimum absolute atomic E-state index is 0.0734. The molecule has 1 N–H and O–H groups in total. The lowest BCUT2D eigenvalue weighted by Crippen LogP contribution is -2.44. The Balaban J connectivity index is 1.14. The van der Waals surface area contributed by atoms with E-state index in [9.17, 15) is 4.39 Å². The van der Waals surface area contributed by atoms with Gasteiger partial charge in [-0.15, -0.1) is 0 Å². The quantitative estimate of drug-likeness (QED) is 0.343. The Morgan fingerprint density at radius 3 is 2.25 bits per heavy atom. The summed E-state index contributed by atoms with van der Waals surface area (Å²) < 4.78 is 14.8. The second-order valence-corrected chi connectivity index (χ2v) is 11.0. The molecule has 2 nitrogen and oxygen atoms in total. The maximum absolute atomic E-state index is 14.8. The average molecular weight is 485 g/mol. The highest BCUT2D eigenvalue weighted by atomic mass is 19.1. The molecule has 1 heterocycles. The SMILES string of the molecule is Fc1ccccc1C1(NCc2cccc(CC3CCN(CCc4ccccc4)CC3)c2)CCCCC1. The molecule has 3 aromatic rings. The van der Waals surface area contributed by atoms with E-state index in [1.807, 2.05) is 12.1 Å². The first-order chi connectivity index (χ1) is 17.7. The van der Waals surface area contributed by atoms with Gasteiger partial charge in [0.05, 0.1) is 0 Å². The van der Waals surface area contributed by atoms with Gasteiger partial charge in [-0.05, 0) is 80.3 Å². The third kappa shape index (κ3) is 6.44. The largest absolute Gasteiger partial charge is 0.303 e. The van der Waals surface area contributed by atoms with Gasteiger partial charge in [-0.2, -0.15) is 0 Å². The number of hydrogen-bond acceptors (Lipinski definition) is 2. The second-order valence-electron chi connectivity index (χ2n) is 11.0. The number of rotatable bonds is 9. The maximum Gasteiger partial charge on any atom is 0.128 e. The number of benzene rings is 3. The molecule has 190 valence electrons. The van der Waals surface area contributed by atoms with Gasteiger partial charge >= 0.3 is 0 Å². The summed E-state index contributed by atoms with van der Waals surface area (Å²) >= 11 is 0. The molecule has 0 bridgehead atoms. The monoisotopic (exact) mass is 484 g/mol. The fourth-order valence-electron chi connectivity index (χ4n) is 6.36. The van der Waals surface area contributed by atoms with E-state index in [-0.39, 0.29) is 11.4 Å². The van der Waals surface area contributed by atoms with Crippen molar-refractivity contribution in [1.29, 1.82) is 0 Å². The van der Waals surface area contributed by atoms with Crippen LogP contribution in [0.2, 0.25) is 0 Å². The van der Waals surface area contributed by atoms with Gasteiger partial charge < -0.3 is 10.2 Å². The van der Waals surface area contributed by atoms with E-state index in [1.54, 1.807) is 12.1 Å². The molecule has 0 radical (unpaired) electrons. The van der Waals surface area contributed by atoms with Crippen molar-refractivity contribution in [2.45, 2.75) is 69.9 Å². The van der Waals surface area contributed by atoms with Crippen LogP contribution in [0.15, 0.2) is 78.9 Å². The van der Waals surface area contributed by atoms with Crippen LogP contribution in [0.5, 0.6) is 0 Å². The number of piperidine rings is 1. The van der Waals surface area contributed by atoms with Crippen LogP contribution in [0.1, 0.15) is 67.2 Å². The van der Waals surface area contributed by atoms with Crippen molar-refractivity contribution in [3.63, 3.8) is 0 Å². The van der Waals surface area contributed by atoms with E-state index in [1.165, 1.54) is 62.0 Å². The van der Waals surface area contributed by atoms with Crippen LogP contribution in [-0.4, -0.2) is 24.5 Å². The minimum Gasteiger partial charge on any atom is -0.303 e. The van der Waals surface area contributed by atoms with Crippen molar-refractivity contribution in [2.75, 3.05) is 19.6 Å². The van der Waals surface area contributed by atoms with Gasteiger partial charge in [-0.25, -0.2) is 4.39 Å². The number of nitrogens with zero attached hydrogens (tertiary/aromatic N) is 1. The summed E-state index contributed by atoms with van der Waals surface area (Å²) in [7, 11) is 0. The summed E-state index contributed by atoms with van der Waals surface area (Å²) in [5, 5.41) is 3.83. The first kappa shape index (κ1) is 25.2. The highest BCUT2D eigenvalue weighted by Crippen LogP contribution is 2.38. The second kappa shape index (κ2) is 12.2. The third-order valence-electron chi connectivity index (χ3n) is 8.51. The smallest absolute Gasteiger partial charge is 0.128 e. The fraction of sp³-hybridized carbons (Fsp3) is 0.455. The van der Waals surface area contributed by atoms with Crippen molar-refractivity contribution >= 4 is 0 Å². The Bertz CT molecular complexity index is 1080. The molecular weight excluding hydrogens is 443 g/mol. The van der Waals surface area contributed by atoms with Gasteiger partial charge in [0.15, 0.2) is 0 Å². The molecule has 36 heavy (non-hydrogen) atoms. The van der Waals surface area contributed by atoms with Gasteiger partial charge in [-0.3, -0.25) is 0 Å². The maximum atomic E-state index is 14.8. The molecule has 1 saturated heterocycles. The van der Waals surface area contributed by atoms with Gasteiger partial charge in [0.1, 0.15) is 5.82 Å². The van der Waals surface area contributed by atoms with Gasteiger partial charge in [0, 0.05) is 24.2 Å². The highest BCUT2D eigenvalue weighted by Gasteiger charge is 2.35. The van der Waals surface area contributed by atoms with Crippen LogP contribution in [0.25, 0.3) is 0 Å². The third-order valence-corrected chi connectivity index (χ3v) is 8.51. The molecule has 2 aliphatic rings. The van der Waals surface area contributed by atoms with Gasteiger partial charge in [-0.1, -0.05) is 92.1 Å². The molecule has 1 aliphatic heterocycles. The fourth-order valence-corrected chi connectivity index (χ4v) is 6.36. The molecule has 1 saturated carbocycles. The Labute approximate surface area is 216 Å². The minimum atomic E-state index is -0.244. The van der Waals surface area contributed by atoms with Crippen LogP contribution < -0.4 is 5.32 Å². The first-order valence-electron chi connectivity index (χ1n) is 14.0. The van der Waals surface area contributed by atoms with Crippen molar-refractivity contribution in [1.82, 2.24) is 10.2 Å². The van der Waals surface area contributed by atoms with Crippen LogP contribution in [0, 0.1) is 11.7 Å². The molecule has 5 rings (SSSR count). The molecule has 0 aromatic heterocycles. The first-order valence-corrected chi connectivity index (χ1v) is 14.0. The summed E-state index contributed by atoms with van der Waals surface area (Å²) in [6.07, 6.45) is 10.5. The Hall–Kier alpha value is -2.49. The van der Waals surface area contributed by atoms with Crippen LogP contribution in [0.4, 0.5) is 4.39 Å². The normalized spacial score (nSPS) is 18.8. The lowest BCUT2D eigenvalue weighted by Gasteiger charge is -2.39. The molecule has 3 heteroatoms. The van der Waals surface area contributed by atoms with Crippen molar-refractivity contribution < 1.29 is 4.39 Å². The van der Waals surface area contributed by atoms with Crippen LogP contribution in [0.3, 0.4) is 0 Å². The zero-order valence-electron chi connectivity index (χ0n) is 21.6. The van der Waals surface area contributed by atoms with Gasteiger partial charge in [0.2, 0.25) is 0 Å². The van der Waals surface area contributed by atoms with Crippen molar-refractivity contribution in [3.8, 4) is 0 Å². The van der Waals surface area contributed by atoms with E-state index >= 15 is 0 Å². The molecule has 0 amide bonds. The summed E-state index contributed by atoms with van der Waals surface area (Å²) in [5.74, 6) is 0.694. The topological polar surface area (TPSA) is 15.3 Å². The molecular formula is C33H41FN2. The predicted molar refractivity (Wildman–Crippen MR) is 147 cm³/mol. The Kier molecular flexibility index (Phi) is 8.51. The number of hydrogen-bond donors (Lipinski definition) is 1. The summed E-state index contributed by atoms with van der Waals surface area (Å²) in [4.78, 5) is 2.64. The number of nitrogens with one attached hydrogen (secondary N) is 1. The van der Waals surface area contributed by atoms with E-state index in [0.29, 0.717) is 0 Å². The molecule has 0 unspecified atom stereocenters. The highest BCUT2D eigenvalue weighted by molar-refractivity contribution is 5.29. The standard InChI is InChI=1S/C33H41FN2/c34-32-15-6-5-14-31(32)33(19-7-2-8-20-33)35-26-30-13-9-12-29(25-30)24-28-17-22-36(23-18-28)21-16-27-10-3-1-4-11-27/h1,3-6,9-15,25,28,35H,2,7-8,16-24,26H2. The lowest BCUT2D eigenvalue weighted by molar-refractivity contribution is 0.186. The van der Waals surface area contributed by atoms with E-state index in [2.05, 4.69) is 64.8 Å². The lowest BCUT2D eigenvalue weighted by atomic mass is 9.76. The summed E-state index contributed by atoms with van der Waals surface area (Å²) in [5.41, 5.74) is 4.80. The summed E-state index contributed by atoms with van der Waals surface area (Å²) in [6, 6.07) is 27.3. The summed E-state index contributed by atoms with van der Waals surface area (Å²) in [6.45, 7) is 4.38. The number of halogens is 1. The zero-order chi connectivity index (χ0) is 24.6. The molecule has 3 aromatic carbocycles. The Morgan fingerprint density at radius 1 is 0.778 bits per heavy atom. The van der Waals surface area contributed by atoms with Crippen LogP contribution in [-0.2, 0) is 24.9 Å². The molecule has 0 atom stereocenters. The zero-order valence-corrected chi connectivity index (χ0v) is 21.6. The molecule has 2 fully saturated rings. The average Bonchev–Trinajstić information content (AvgIpc) is 2.93. The van der Waals surface area contributed by atoms with Crippen molar-refractivity contribution in [3.05, 3.63) is 107 Å².